The lowest BCUT2D eigenvalue weighted by molar-refractivity contribution is -0.0424. The topological polar surface area (TPSA) is 17.1 Å². The van der Waals surface area contributed by atoms with Gasteiger partial charge in [0.05, 0.1) is 0 Å². The second-order valence-electron chi connectivity index (χ2n) is 4.65. The van der Waals surface area contributed by atoms with Crippen molar-refractivity contribution < 1.29 is 22.4 Å². The number of Topliss-reactive ketones (excluding diaryl/α,β-unsaturated/α-hetero) is 1. The van der Waals surface area contributed by atoms with Gasteiger partial charge in [-0.15, -0.1) is 0 Å². The van der Waals surface area contributed by atoms with E-state index in [1.54, 1.807) is 0 Å². The Morgan fingerprint density at radius 2 is 1.56 bits per heavy atom. The largest absolute Gasteiger partial charge is 0.294 e. The minimum Gasteiger partial charge on any atom is -0.294 e. The van der Waals surface area contributed by atoms with Gasteiger partial charge in [0.1, 0.15) is 11.6 Å². The summed E-state index contributed by atoms with van der Waals surface area (Å²) in [7, 11) is 0. The van der Waals surface area contributed by atoms with Crippen molar-refractivity contribution in [3.8, 4) is 0 Å². The van der Waals surface area contributed by atoms with Crippen molar-refractivity contribution in [3.63, 3.8) is 0 Å². The zero-order valence-corrected chi connectivity index (χ0v) is 9.56. The van der Waals surface area contributed by atoms with E-state index in [0.717, 1.165) is 12.1 Å². The molecule has 98 valence electrons. The Bertz CT molecular complexity index is 440. The molecule has 1 nitrogen and oxygen atoms in total. The van der Waals surface area contributed by atoms with Gasteiger partial charge in [-0.1, -0.05) is 0 Å². The maximum atomic E-state index is 13.0. The molecule has 0 aliphatic heterocycles. The fourth-order valence-electron chi connectivity index (χ4n) is 2.23. The van der Waals surface area contributed by atoms with Gasteiger partial charge in [0.15, 0.2) is 5.78 Å². The molecule has 0 atom stereocenters. The lowest BCUT2D eigenvalue weighted by atomic mass is 9.82. The Hall–Kier alpha value is -1.39. The predicted octanol–water partition coefficient (Wildman–Crippen LogP) is 3.97. The van der Waals surface area contributed by atoms with Gasteiger partial charge >= 0.3 is 0 Å². The molecule has 0 unspecified atom stereocenters. The predicted molar refractivity (Wildman–Crippen MR) is 57.6 cm³/mol. The Morgan fingerprint density at radius 3 is 2.06 bits per heavy atom. The Morgan fingerprint density at radius 1 is 1.06 bits per heavy atom. The van der Waals surface area contributed by atoms with Crippen molar-refractivity contribution in [1.29, 1.82) is 0 Å². The van der Waals surface area contributed by atoms with Crippen LogP contribution in [0.1, 0.15) is 36.0 Å². The van der Waals surface area contributed by atoms with Gasteiger partial charge in [-0.2, -0.15) is 0 Å². The second kappa shape index (κ2) is 4.71. The minimum absolute atomic E-state index is 0.0595. The van der Waals surface area contributed by atoms with E-state index < -0.39 is 29.3 Å². The molecule has 0 N–H and O–H groups in total. The van der Waals surface area contributed by atoms with E-state index in [9.17, 15) is 22.4 Å². The molecule has 1 aromatic carbocycles. The maximum Gasteiger partial charge on any atom is 0.248 e. The second-order valence-corrected chi connectivity index (χ2v) is 4.65. The fourth-order valence-corrected chi connectivity index (χ4v) is 2.23. The van der Waals surface area contributed by atoms with Crippen LogP contribution in [0.4, 0.5) is 17.6 Å². The van der Waals surface area contributed by atoms with Gasteiger partial charge in [0.2, 0.25) is 5.92 Å². The van der Waals surface area contributed by atoms with Crippen LogP contribution in [0, 0.1) is 17.6 Å². The third kappa shape index (κ3) is 2.89. The number of hydrogen-bond acceptors (Lipinski definition) is 1. The first-order valence-corrected chi connectivity index (χ1v) is 5.75. The number of halogens is 4. The molecule has 0 saturated heterocycles. The zero-order valence-electron chi connectivity index (χ0n) is 9.56. The lowest BCUT2D eigenvalue weighted by Crippen LogP contribution is -2.28. The summed E-state index contributed by atoms with van der Waals surface area (Å²) >= 11 is 0. The van der Waals surface area contributed by atoms with E-state index >= 15 is 0 Å². The number of rotatable bonds is 2. The molecular weight excluding hydrogens is 248 g/mol. The molecule has 1 aliphatic rings. The number of benzene rings is 1. The third-order valence-electron chi connectivity index (χ3n) is 3.23. The van der Waals surface area contributed by atoms with Crippen molar-refractivity contribution in [1.82, 2.24) is 0 Å². The Kier molecular flexibility index (Phi) is 3.41. The van der Waals surface area contributed by atoms with E-state index in [1.807, 2.05) is 0 Å². The number of ketones is 1. The van der Waals surface area contributed by atoms with Crippen molar-refractivity contribution in [2.45, 2.75) is 31.6 Å². The highest BCUT2D eigenvalue weighted by Crippen LogP contribution is 2.37. The summed E-state index contributed by atoms with van der Waals surface area (Å²) in [4.78, 5) is 11.9. The monoisotopic (exact) mass is 260 g/mol. The first-order valence-electron chi connectivity index (χ1n) is 5.75. The first-order chi connectivity index (χ1) is 8.37. The van der Waals surface area contributed by atoms with Crippen LogP contribution >= 0.6 is 0 Å². The van der Waals surface area contributed by atoms with E-state index in [0.29, 0.717) is 6.07 Å². The summed E-state index contributed by atoms with van der Waals surface area (Å²) < 4.78 is 51.8. The molecule has 18 heavy (non-hydrogen) atoms. The van der Waals surface area contributed by atoms with Gasteiger partial charge in [-0.25, -0.2) is 17.6 Å². The summed E-state index contributed by atoms with van der Waals surface area (Å²) in [5, 5.41) is 0. The van der Waals surface area contributed by atoms with E-state index in [1.165, 1.54) is 0 Å². The van der Waals surface area contributed by atoms with Crippen LogP contribution < -0.4 is 0 Å². The molecule has 2 rings (SSSR count). The van der Waals surface area contributed by atoms with Crippen LogP contribution in [0.5, 0.6) is 0 Å². The highest BCUT2D eigenvalue weighted by atomic mass is 19.3. The van der Waals surface area contributed by atoms with Crippen LogP contribution in [-0.2, 0) is 0 Å². The third-order valence-corrected chi connectivity index (χ3v) is 3.23. The molecule has 0 radical (unpaired) electrons. The smallest absolute Gasteiger partial charge is 0.248 e. The molecule has 1 aliphatic carbocycles. The maximum absolute atomic E-state index is 13.0. The molecule has 1 fully saturated rings. The van der Waals surface area contributed by atoms with E-state index in [4.69, 9.17) is 0 Å². The summed E-state index contributed by atoms with van der Waals surface area (Å²) in [5.41, 5.74) is -0.0808. The molecule has 0 bridgehead atoms. The van der Waals surface area contributed by atoms with Gasteiger partial charge in [-0.05, 0) is 25.0 Å². The lowest BCUT2D eigenvalue weighted by Gasteiger charge is -2.27. The average molecular weight is 260 g/mol. The molecule has 1 saturated carbocycles. The molecule has 0 aromatic heterocycles. The van der Waals surface area contributed by atoms with Gasteiger partial charge in [0.25, 0.3) is 0 Å². The summed E-state index contributed by atoms with van der Waals surface area (Å²) in [6, 6.07) is 2.56. The van der Waals surface area contributed by atoms with Crippen LogP contribution in [0.15, 0.2) is 18.2 Å². The number of carbonyl (C=O) groups is 1. The van der Waals surface area contributed by atoms with Crippen LogP contribution in [0.2, 0.25) is 0 Å². The molecule has 5 heteroatoms. The summed E-state index contributed by atoms with van der Waals surface area (Å²) in [6.07, 6.45) is -0.573. The van der Waals surface area contributed by atoms with Crippen LogP contribution in [0.25, 0.3) is 0 Å². The first kappa shape index (κ1) is 13.1. The number of alkyl halides is 2. The summed E-state index contributed by atoms with van der Waals surface area (Å²) in [6.45, 7) is 0. The zero-order chi connectivity index (χ0) is 13.3. The van der Waals surface area contributed by atoms with E-state index in [-0.39, 0.29) is 31.2 Å². The van der Waals surface area contributed by atoms with Gasteiger partial charge in [-0.3, -0.25) is 4.79 Å². The highest BCUT2D eigenvalue weighted by molar-refractivity contribution is 5.97. The molecule has 0 amide bonds. The van der Waals surface area contributed by atoms with Gasteiger partial charge in [0, 0.05) is 30.4 Å². The number of carbonyl (C=O) groups excluding carboxylic acids is 1. The van der Waals surface area contributed by atoms with Crippen LogP contribution in [-0.4, -0.2) is 11.7 Å². The van der Waals surface area contributed by atoms with Crippen molar-refractivity contribution in [3.05, 3.63) is 35.4 Å². The molecule has 1 aromatic rings. The average Bonchev–Trinajstić information content (AvgIpc) is 2.27. The van der Waals surface area contributed by atoms with Crippen molar-refractivity contribution in [2.75, 3.05) is 0 Å². The highest BCUT2D eigenvalue weighted by Gasteiger charge is 2.37. The normalized spacial score (nSPS) is 19.8. The quantitative estimate of drug-likeness (QED) is 0.580. The standard InChI is InChI=1S/C13H12F4O/c14-10-5-9(6-11(15)7-10)12(18)8-1-3-13(16,17)4-2-8/h5-8H,1-4H2. The van der Waals surface area contributed by atoms with Crippen molar-refractivity contribution in [2.24, 2.45) is 5.92 Å². The molecule has 0 heterocycles. The molecular formula is C13H12F4O. The molecule has 0 spiro atoms. The minimum atomic E-state index is -2.72. The Balaban J connectivity index is 2.12. The van der Waals surface area contributed by atoms with Crippen molar-refractivity contribution >= 4 is 5.78 Å². The SMILES string of the molecule is O=C(c1cc(F)cc(F)c1)C1CCC(F)(F)CC1. The number of hydrogen-bond donors (Lipinski definition) is 0. The fraction of sp³-hybridized carbons (Fsp3) is 0.462. The van der Waals surface area contributed by atoms with E-state index in [2.05, 4.69) is 0 Å². The summed E-state index contributed by atoms with van der Waals surface area (Å²) in [5.74, 6) is -5.40. The Labute approximate surface area is 102 Å². The van der Waals surface area contributed by atoms with Crippen LogP contribution in [0.3, 0.4) is 0 Å². The van der Waals surface area contributed by atoms with Gasteiger partial charge < -0.3 is 0 Å².